The summed E-state index contributed by atoms with van der Waals surface area (Å²) in [6.45, 7) is 5.71. The molecule has 4 nitrogen and oxygen atoms in total. The number of carbonyl (C=O) groups is 1. The van der Waals surface area contributed by atoms with Crippen LogP contribution in [0.25, 0.3) is 0 Å². The molecule has 0 aliphatic carbocycles. The van der Waals surface area contributed by atoms with Gasteiger partial charge < -0.3 is 14.6 Å². The predicted molar refractivity (Wildman–Crippen MR) is 65.8 cm³/mol. The molecule has 0 radical (unpaired) electrons. The first-order valence-corrected chi connectivity index (χ1v) is 6.26. The average molecular weight is 236 g/mol. The van der Waals surface area contributed by atoms with Crippen LogP contribution in [0.4, 0.5) is 0 Å². The number of carbonyl (C=O) groups excluding carboxylic acids is 1. The summed E-state index contributed by atoms with van der Waals surface area (Å²) in [7, 11) is 0. The van der Waals surface area contributed by atoms with Crippen molar-refractivity contribution < 1.29 is 9.90 Å². The van der Waals surface area contributed by atoms with Gasteiger partial charge in [0, 0.05) is 19.3 Å². The second-order valence-corrected chi connectivity index (χ2v) is 4.69. The SMILES string of the molecule is CCn1cccc1C(=O)N1CCC(C)C1CO. The van der Waals surface area contributed by atoms with E-state index in [1.165, 1.54) is 0 Å². The van der Waals surface area contributed by atoms with Crippen LogP contribution in [0.3, 0.4) is 0 Å². The van der Waals surface area contributed by atoms with Gasteiger partial charge >= 0.3 is 0 Å². The summed E-state index contributed by atoms with van der Waals surface area (Å²) in [5.41, 5.74) is 0.722. The van der Waals surface area contributed by atoms with Gasteiger partial charge in [0.05, 0.1) is 12.6 Å². The summed E-state index contributed by atoms with van der Waals surface area (Å²) in [6.07, 6.45) is 2.89. The number of likely N-dealkylation sites (tertiary alicyclic amines) is 1. The van der Waals surface area contributed by atoms with E-state index in [0.717, 1.165) is 25.2 Å². The first-order valence-electron chi connectivity index (χ1n) is 6.26. The lowest BCUT2D eigenvalue weighted by molar-refractivity contribution is 0.0637. The summed E-state index contributed by atoms with van der Waals surface area (Å²) in [4.78, 5) is 14.2. The molecular formula is C13H20N2O2. The Morgan fingerprint density at radius 3 is 3.00 bits per heavy atom. The lowest BCUT2D eigenvalue weighted by Gasteiger charge is -2.25. The van der Waals surface area contributed by atoms with Gasteiger partial charge in [-0.25, -0.2) is 0 Å². The Morgan fingerprint density at radius 1 is 1.59 bits per heavy atom. The molecule has 2 atom stereocenters. The molecule has 1 amide bonds. The minimum atomic E-state index is -0.0253. The fourth-order valence-electron chi connectivity index (χ4n) is 2.57. The summed E-state index contributed by atoms with van der Waals surface area (Å²) < 4.78 is 1.94. The Bertz CT molecular complexity index is 400. The molecule has 2 unspecified atom stereocenters. The number of hydrogen-bond acceptors (Lipinski definition) is 2. The number of aromatic nitrogens is 1. The maximum atomic E-state index is 12.4. The van der Waals surface area contributed by atoms with Crippen molar-refractivity contribution in [1.82, 2.24) is 9.47 Å². The average Bonchev–Trinajstić information content (AvgIpc) is 2.93. The van der Waals surface area contributed by atoms with Crippen LogP contribution in [0.1, 0.15) is 30.8 Å². The number of aliphatic hydroxyl groups is 1. The molecule has 2 heterocycles. The van der Waals surface area contributed by atoms with Gasteiger partial charge in [-0.05, 0) is 31.4 Å². The third-order valence-electron chi connectivity index (χ3n) is 3.72. The zero-order valence-corrected chi connectivity index (χ0v) is 10.5. The first-order chi connectivity index (χ1) is 8.19. The van der Waals surface area contributed by atoms with Gasteiger partial charge in [0.1, 0.15) is 5.69 Å². The van der Waals surface area contributed by atoms with Crippen molar-refractivity contribution in [2.45, 2.75) is 32.9 Å². The van der Waals surface area contributed by atoms with Crippen LogP contribution in [0.15, 0.2) is 18.3 Å². The monoisotopic (exact) mass is 236 g/mol. The molecule has 4 heteroatoms. The van der Waals surface area contributed by atoms with Gasteiger partial charge in [-0.1, -0.05) is 6.92 Å². The molecule has 0 bridgehead atoms. The highest BCUT2D eigenvalue weighted by atomic mass is 16.3. The highest BCUT2D eigenvalue weighted by molar-refractivity contribution is 5.93. The Balaban J connectivity index is 2.20. The fourth-order valence-corrected chi connectivity index (χ4v) is 2.57. The van der Waals surface area contributed by atoms with Gasteiger partial charge in [-0.2, -0.15) is 0 Å². The van der Waals surface area contributed by atoms with Crippen molar-refractivity contribution in [3.63, 3.8) is 0 Å². The summed E-state index contributed by atoms with van der Waals surface area (Å²) >= 11 is 0. The third-order valence-corrected chi connectivity index (χ3v) is 3.72. The lowest BCUT2D eigenvalue weighted by atomic mass is 10.0. The summed E-state index contributed by atoms with van der Waals surface area (Å²) in [5, 5.41) is 9.38. The van der Waals surface area contributed by atoms with Crippen LogP contribution < -0.4 is 0 Å². The van der Waals surface area contributed by atoms with E-state index >= 15 is 0 Å². The van der Waals surface area contributed by atoms with E-state index in [4.69, 9.17) is 0 Å². The summed E-state index contributed by atoms with van der Waals surface area (Å²) in [6, 6.07) is 3.72. The summed E-state index contributed by atoms with van der Waals surface area (Å²) in [5.74, 6) is 0.425. The Hall–Kier alpha value is -1.29. The Kier molecular flexibility index (Phi) is 3.52. The standard InChI is InChI=1S/C13H20N2O2/c1-3-14-7-4-5-11(14)13(17)15-8-6-10(2)12(15)9-16/h4-5,7,10,12,16H,3,6,8-9H2,1-2H3. The highest BCUT2D eigenvalue weighted by Crippen LogP contribution is 2.25. The number of rotatable bonds is 3. The van der Waals surface area contributed by atoms with Gasteiger partial charge in [0.25, 0.3) is 5.91 Å². The molecule has 0 aromatic carbocycles. The normalized spacial score (nSPS) is 24.3. The molecule has 17 heavy (non-hydrogen) atoms. The van der Waals surface area contributed by atoms with Crippen LogP contribution in [-0.2, 0) is 6.54 Å². The number of nitrogens with zero attached hydrogens (tertiary/aromatic N) is 2. The number of aryl methyl sites for hydroxylation is 1. The molecule has 1 aliphatic rings. The largest absolute Gasteiger partial charge is 0.394 e. The van der Waals surface area contributed by atoms with E-state index in [1.807, 2.05) is 34.7 Å². The smallest absolute Gasteiger partial charge is 0.270 e. The topological polar surface area (TPSA) is 45.5 Å². The predicted octanol–water partition coefficient (Wildman–Crippen LogP) is 1.35. The zero-order valence-electron chi connectivity index (χ0n) is 10.5. The van der Waals surface area contributed by atoms with E-state index in [0.29, 0.717) is 5.92 Å². The van der Waals surface area contributed by atoms with E-state index in [2.05, 4.69) is 6.92 Å². The van der Waals surface area contributed by atoms with E-state index in [-0.39, 0.29) is 18.6 Å². The molecule has 1 aliphatic heterocycles. The van der Waals surface area contributed by atoms with E-state index in [1.54, 1.807) is 0 Å². The molecule has 0 spiro atoms. The first kappa shape index (κ1) is 12.2. The maximum absolute atomic E-state index is 12.4. The van der Waals surface area contributed by atoms with E-state index < -0.39 is 0 Å². The second kappa shape index (κ2) is 4.92. The quantitative estimate of drug-likeness (QED) is 0.861. The number of amides is 1. The Morgan fingerprint density at radius 2 is 2.35 bits per heavy atom. The lowest BCUT2D eigenvalue weighted by Crippen LogP contribution is -2.40. The second-order valence-electron chi connectivity index (χ2n) is 4.69. The van der Waals surface area contributed by atoms with Crippen molar-refractivity contribution >= 4 is 5.91 Å². The molecular weight excluding hydrogens is 216 g/mol. The van der Waals surface area contributed by atoms with Gasteiger partial charge in [-0.3, -0.25) is 4.79 Å². The van der Waals surface area contributed by atoms with Crippen molar-refractivity contribution in [1.29, 1.82) is 0 Å². The fraction of sp³-hybridized carbons (Fsp3) is 0.615. The molecule has 2 rings (SSSR count). The molecule has 1 saturated heterocycles. The molecule has 1 fully saturated rings. The number of aliphatic hydroxyl groups excluding tert-OH is 1. The van der Waals surface area contributed by atoms with Crippen molar-refractivity contribution in [2.24, 2.45) is 5.92 Å². The zero-order chi connectivity index (χ0) is 12.4. The molecule has 1 N–H and O–H groups in total. The van der Waals surface area contributed by atoms with Crippen LogP contribution in [-0.4, -0.2) is 39.7 Å². The van der Waals surface area contributed by atoms with Crippen LogP contribution in [0.2, 0.25) is 0 Å². The van der Waals surface area contributed by atoms with Gasteiger partial charge in [0.15, 0.2) is 0 Å². The minimum Gasteiger partial charge on any atom is -0.394 e. The van der Waals surface area contributed by atoms with Crippen LogP contribution in [0, 0.1) is 5.92 Å². The molecule has 94 valence electrons. The van der Waals surface area contributed by atoms with Crippen molar-refractivity contribution in [3.8, 4) is 0 Å². The van der Waals surface area contributed by atoms with Gasteiger partial charge in [0.2, 0.25) is 0 Å². The number of hydrogen-bond donors (Lipinski definition) is 1. The minimum absolute atomic E-state index is 0.0253. The maximum Gasteiger partial charge on any atom is 0.270 e. The van der Waals surface area contributed by atoms with Crippen molar-refractivity contribution in [2.75, 3.05) is 13.2 Å². The highest BCUT2D eigenvalue weighted by Gasteiger charge is 2.34. The van der Waals surface area contributed by atoms with Gasteiger partial charge in [-0.15, -0.1) is 0 Å². The third kappa shape index (κ3) is 2.09. The van der Waals surface area contributed by atoms with Crippen LogP contribution >= 0.6 is 0 Å². The van der Waals surface area contributed by atoms with Crippen LogP contribution in [0.5, 0.6) is 0 Å². The van der Waals surface area contributed by atoms with E-state index in [9.17, 15) is 9.90 Å². The Labute approximate surface area is 102 Å². The molecule has 0 saturated carbocycles. The molecule has 1 aromatic rings. The van der Waals surface area contributed by atoms with Crippen molar-refractivity contribution in [3.05, 3.63) is 24.0 Å². The molecule has 1 aromatic heterocycles.